The molecule has 0 aromatic heterocycles. The molecular weight excluding hydrogens is 269 g/mol. The van der Waals surface area contributed by atoms with Crippen molar-refractivity contribution >= 4 is 17.3 Å². The van der Waals surface area contributed by atoms with E-state index in [0.717, 1.165) is 0 Å². The van der Waals surface area contributed by atoms with Crippen molar-refractivity contribution in [2.75, 3.05) is 18.1 Å². The molecule has 5 heteroatoms. The molecule has 0 aliphatic rings. The van der Waals surface area contributed by atoms with Gasteiger partial charge >= 0.3 is 0 Å². The average molecular weight is 287 g/mol. The van der Waals surface area contributed by atoms with Gasteiger partial charge in [0.2, 0.25) is 0 Å². The molecule has 1 atom stereocenters. The van der Waals surface area contributed by atoms with Gasteiger partial charge in [-0.2, -0.15) is 0 Å². The Labute approximate surface area is 123 Å². The summed E-state index contributed by atoms with van der Waals surface area (Å²) in [7, 11) is 1.56. The zero-order valence-corrected chi connectivity index (χ0v) is 12.0. The van der Waals surface area contributed by atoms with Crippen LogP contribution in [0.25, 0.3) is 0 Å². The molecule has 0 spiro atoms. The summed E-state index contributed by atoms with van der Waals surface area (Å²) in [5.41, 5.74) is 7.87. The van der Waals surface area contributed by atoms with Gasteiger partial charge < -0.3 is 16.4 Å². The zero-order valence-electron chi connectivity index (χ0n) is 12.0. The summed E-state index contributed by atoms with van der Waals surface area (Å²) in [6.45, 7) is 1.83. The predicted molar refractivity (Wildman–Crippen MR) is 82.7 cm³/mol. The second-order valence-corrected chi connectivity index (χ2v) is 4.77. The van der Waals surface area contributed by atoms with Crippen molar-refractivity contribution in [2.24, 2.45) is 0 Å². The summed E-state index contributed by atoms with van der Waals surface area (Å²) in [6.07, 6.45) is 0. The van der Waals surface area contributed by atoms with Crippen molar-refractivity contribution in [1.29, 1.82) is 0 Å². The van der Waals surface area contributed by atoms with Gasteiger partial charge in [-0.05, 0) is 31.2 Å². The lowest BCUT2D eigenvalue weighted by Gasteiger charge is -2.19. The Bertz CT molecular complexity index is 658. The molecule has 0 radical (unpaired) electrons. The van der Waals surface area contributed by atoms with Gasteiger partial charge in [-0.1, -0.05) is 18.2 Å². The lowest BCUT2D eigenvalue weighted by molar-refractivity contribution is 0.0964. The van der Waals surface area contributed by atoms with Crippen LogP contribution in [0, 0.1) is 5.82 Å². The summed E-state index contributed by atoms with van der Waals surface area (Å²) >= 11 is 0. The highest BCUT2D eigenvalue weighted by Crippen LogP contribution is 2.26. The third-order valence-corrected chi connectivity index (χ3v) is 3.26. The number of carbonyl (C=O) groups excluding carboxylic acids is 1. The average Bonchev–Trinajstić information content (AvgIpc) is 2.47. The van der Waals surface area contributed by atoms with E-state index in [1.807, 2.05) is 6.92 Å². The van der Waals surface area contributed by atoms with Gasteiger partial charge in [-0.15, -0.1) is 0 Å². The van der Waals surface area contributed by atoms with E-state index in [2.05, 4.69) is 10.6 Å². The number of amides is 1. The van der Waals surface area contributed by atoms with E-state index in [-0.39, 0.29) is 17.8 Å². The Morgan fingerprint density at radius 2 is 1.95 bits per heavy atom. The molecule has 1 amide bonds. The van der Waals surface area contributed by atoms with Crippen LogP contribution in [0.5, 0.6) is 0 Å². The molecule has 4 nitrogen and oxygen atoms in total. The molecule has 110 valence electrons. The maximum atomic E-state index is 13.8. The number of nitrogens with two attached hydrogens (primary N) is 1. The first-order valence-electron chi connectivity index (χ1n) is 6.65. The normalized spacial score (nSPS) is 11.8. The molecule has 2 aromatic carbocycles. The first kappa shape index (κ1) is 14.8. The van der Waals surface area contributed by atoms with Gasteiger partial charge in [0, 0.05) is 24.0 Å². The smallest absolute Gasteiger partial charge is 0.253 e. The van der Waals surface area contributed by atoms with Gasteiger partial charge in [0.15, 0.2) is 0 Å². The van der Waals surface area contributed by atoms with Crippen LogP contribution in [0.2, 0.25) is 0 Å². The summed E-state index contributed by atoms with van der Waals surface area (Å²) in [5, 5.41) is 5.71. The van der Waals surface area contributed by atoms with Crippen LogP contribution in [0.1, 0.15) is 28.9 Å². The van der Waals surface area contributed by atoms with E-state index in [1.165, 1.54) is 6.07 Å². The van der Waals surface area contributed by atoms with E-state index in [9.17, 15) is 9.18 Å². The highest BCUT2D eigenvalue weighted by Gasteiger charge is 2.15. The van der Waals surface area contributed by atoms with Gasteiger partial charge in [0.25, 0.3) is 5.91 Å². The van der Waals surface area contributed by atoms with Crippen molar-refractivity contribution in [2.45, 2.75) is 13.0 Å². The Hall–Kier alpha value is -2.56. The number of nitrogen functional groups attached to an aromatic ring is 1. The molecule has 0 bridgehead atoms. The molecular formula is C16H18FN3O. The fourth-order valence-electron chi connectivity index (χ4n) is 2.15. The Kier molecular flexibility index (Phi) is 4.42. The topological polar surface area (TPSA) is 67.2 Å². The number of anilines is 2. The fraction of sp³-hybridized carbons (Fsp3) is 0.188. The molecule has 0 aliphatic carbocycles. The van der Waals surface area contributed by atoms with Crippen molar-refractivity contribution < 1.29 is 9.18 Å². The first-order chi connectivity index (χ1) is 10.0. The fourth-order valence-corrected chi connectivity index (χ4v) is 2.15. The van der Waals surface area contributed by atoms with Gasteiger partial charge in [0.1, 0.15) is 5.82 Å². The zero-order chi connectivity index (χ0) is 15.4. The van der Waals surface area contributed by atoms with Gasteiger partial charge in [-0.3, -0.25) is 4.79 Å². The second-order valence-electron chi connectivity index (χ2n) is 4.77. The third-order valence-electron chi connectivity index (χ3n) is 3.26. The molecule has 4 N–H and O–H groups in total. The van der Waals surface area contributed by atoms with Crippen molar-refractivity contribution in [3.8, 4) is 0 Å². The minimum atomic E-state index is -0.295. The molecule has 2 aromatic rings. The molecule has 0 saturated carbocycles. The van der Waals surface area contributed by atoms with Crippen molar-refractivity contribution in [1.82, 2.24) is 5.32 Å². The molecule has 2 rings (SSSR count). The standard InChI is InChI=1S/C16H18FN3O/c1-10(12-5-3-4-6-14(12)17)20-15-9-11(18)7-8-13(15)16(21)19-2/h3-10,20H,18H2,1-2H3,(H,19,21). The highest BCUT2D eigenvalue weighted by atomic mass is 19.1. The van der Waals surface area contributed by atoms with Crippen LogP contribution in [-0.4, -0.2) is 13.0 Å². The van der Waals surface area contributed by atoms with Crippen LogP contribution in [0.3, 0.4) is 0 Å². The van der Waals surface area contributed by atoms with Crippen LogP contribution >= 0.6 is 0 Å². The summed E-state index contributed by atoms with van der Waals surface area (Å²) < 4.78 is 13.8. The van der Waals surface area contributed by atoms with E-state index >= 15 is 0 Å². The van der Waals surface area contributed by atoms with Gasteiger partial charge in [0.05, 0.1) is 11.6 Å². The Balaban J connectivity index is 2.32. The molecule has 0 fully saturated rings. The number of rotatable bonds is 4. The molecule has 0 saturated heterocycles. The summed E-state index contributed by atoms with van der Waals surface area (Å²) in [6, 6.07) is 11.2. The number of benzene rings is 2. The lowest BCUT2D eigenvalue weighted by atomic mass is 10.1. The van der Waals surface area contributed by atoms with E-state index in [1.54, 1.807) is 43.4 Å². The lowest BCUT2D eigenvalue weighted by Crippen LogP contribution is -2.20. The van der Waals surface area contributed by atoms with Crippen LogP contribution < -0.4 is 16.4 Å². The van der Waals surface area contributed by atoms with E-state index < -0.39 is 0 Å². The van der Waals surface area contributed by atoms with Crippen LogP contribution in [0.15, 0.2) is 42.5 Å². The van der Waals surface area contributed by atoms with Crippen LogP contribution in [0.4, 0.5) is 15.8 Å². The number of nitrogens with one attached hydrogen (secondary N) is 2. The monoisotopic (exact) mass is 287 g/mol. The van der Waals surface area contributed by atoms with Crippen LogP contribution in [-0.2, 0) is 0 Å². The van der Waals surface area contributed by atoms with E-state index in [0.29, 0.717) is 22.5 Å². The Morgan fingerprint density at radius 1 is 1.24 bits per heavy atom. The number of carbonyl (C=O) groups is 1. The summed E-state index contributed by atoms with van der Waals surface area (Å²) in [4.78, 5) is 11.9. The minimum absolute atomic E-state index is 0.224. The number of halogens is 1. The SMILES string of the molecule is CNC(=O)c1ccc(N)cc1NC(C)c1ccccc1F. The third kappa shape index (κ3) is 3.31. The first-order valence-corrected chi connectivity index (χ1v) is 6.65. The molecule has 0 heterocycles. The highest BCUT2D eigenvalue weighted by molar-refractivity contribution is 6.00. The summed E-state index contributed by atoms with van der Waals surface area (Å²) in [5.74, 6) is -0.513. The molecule has 0 aliphatic heterocycles. The minimum Gasteiger partial charge on any atom is -0.399 e. The quantitative estimate of drug-likeness (QED) is 0.757. The Morgan fingerprint density at radius 3 is 2.62 bits per heavy atom. The largest absolute Gasteiger partial charge is 0.399 e. The number of hydrogen-bond donors (Lipinski definition) is 3. The van der Waals surface area contributed by atoms with E-state index in [4.69, 9.17) is 5.73 Å². The maximum absolute atomic E-state index is 13.8. The van der Waals surface area contributed by atoms with Crippen molar-refractivity contribution in [3.63, 3.8) is 0 Å². The molecule has 21 heavy (non-hydrogen) atoms. The second kappa shape index (κ2) is 6.26. The van der Waals surface area contributed by atoms with Crippen molar-refractivity contribution in [3.05, 3.63) is 59.4 Å². The maximum Gasteiger partial charge on any atom is 0.253 e. The van der Waals surface area contributed by atoms with Gasteiger partial charge in [-0.25, -0.2) is 4.39 Å². The predicted octanol–water partition coefficient (Wildman–Crippen LogP) is 2.94. The molecule has 1 unspecified atom stereocenters. The number of hydrogen-bond acceptors (Lipinski definition) is 3.